The number of thiophene rings is 1. The van der Waals surface area contributed by atoms with E-state index >= 15 is 0 Å². The van der Waals surface area contributed by atoms with Gasteiger partial charge in [-0.25, -0.2) is 16.8 Å². The summed E-state index contributed by atoms with van der Waals surface area (Å²) in [5.74, 6) is 0.212. The van der Waals surface area contributed by atoms with Gasteiger partial charge < -0.3 is 14.6 Å². The number of hydrogen-bond acceptors (Lipinski definition) is 8. The van der Waals surface area contributed by atoms with Crippen LogP contribution in [0.5, 0.6) is 11.5 Å². The summed E-state index contributed by atoms with van der Waals surface area (Å²) in [7, 11) is -7.83. The molecule has 0 unspecified atom stereocenters. The standard InChI is InChI=1S/C27H25NO8S3/c29-25(30)15-10-20-6-4-5-9-24(20)36-19-18-35-22-13-11-21(12-14-22)28-39(33,34)27-17-16-26(37-27)38(31,32)23-7-2-1-3-8-23/h1-9,11-14,16-17,28H,10,15,18-19H2,(H,29,30). The summed E-state index contributed by atoms with van der Waals surface area (Å²) in [6.45, 7) is 0.442. The lowest BCUT2D eigenvalue weighted by molar-refractivity contribution is -0.136. The molecule has 2 N–H and O–H groups in total. The SMILES string of the molecule is O=C(O)CCc1ccccc1OCCOc1ccc(NS(=O)(=O)c2ccc(S(=O)(=O)c3ccccc3)s2)cc1. The molecule has 0 atom stereocenters. The second-order valence-corrected chi connectivity index (χ2v) is 13.4. The Morgan fingerprint density at radius 1 is 0.769 bits per heavy atom. The van der Waals surface area contributed by atoms with Gasteiger partial charge in [-0.1, -0.05) is 36.4 Å². The molecule has 0 aliphatic rings. The fraction of sp³-hybridized carbons (Fsp3) is 0.148. The molecule has 0 saturated heterocycles. The third-order valence-corrected chi connectivity index (χ3v) is 10.7. The molecule has 4 aromatic rings. The molecule has 39 heavy (non-hydrogen) atoms. The third kappa shape index (κ3) is 7.37. The molecule has 1 aromatic heterocycles. The lowest BCUT2D eigenvalue weighted by atomic mass is 10.1. The van der Waals surface area contributed by atoms with Crippen molar-refractivity contribution in [3.05, 3.63) is 96.6 Å². The average Bonchev–Trinajstić information content (AvgIpc) is 3.44. The van der Waals surface area contributed by atoms with Crippen LogP contribution < -0.4 is 14.2 Å². The Hall–Kier alpha value is -3.87. The number of ether oxygens (including phenoxy) is 2. The summed E-state index contributed by atoms with van der Waals surface area (Å²) in [5.41, 5.74) is 1.08. The summed E-state index contributed by atoms with van der Waals surface area (Å²) in [5, 5.41) is 8.90. The summed E-state index contributed by atoms with van der Waals surface area (Å²) in [4.78, 5) is 10.9. The van der Waals surface area contributed by atoms with Crippen LogP contribution in [-0.4, -0.2) is 41.1 Å². The van der Waals surface area contributed by atoms with E-state index < -0.39 is 25.8 Å². The van der Waals surface area contributed by atoms with Crippen LogP contribution in [-0.2, 0) is 31.1 Å². The number of carboxylic acid groups (broad SMARTS) is 1. The van der Waals surface area contributed by atoms with Gasteiger partial charge >= 0.3 is 5.97 Å². The van der Waals surface area contributed by atoms with Crippen LogP contribution in [0.2, 0.25) is 0 Å². The van der Waals surface area contributed by atoms with E-state index in [1.807, 2.05) is 12.1 Å². The zero-order valence-corrected chi connectivity index (χ0v) is 23.0. The van der Waals surface area contributed by atoms with Crippen LogP contribution in [0.25, 0.3) is 0 Å². The number of sulfonamides is 1. The maximum absolute atomic E-state index is 12.8. The number of anilines is 1. The van der Waals surface area contributed by atoms with E-state index in [-0.39, 0.29) is 38.6 Å². The minimum atomic E-state index is -4.01. The highest BCUT2D eigenvalue weighted by molar-refractivity contribution is 7.96. The van der Waals surface area contributed by atoms with E-state index in [0.717, 1.165) is 5.56 Å². The van der Waals surface area contributed by atoms with Crippen molar-refractivity contribution in [1.29, 1.82) is 0 Å². The fourth-order valence-corrected chi connectivity index (χ4v) is 7.78. The molecule has 9 nitrogen and oxygen atoms in total. The molecule has 1 heterocycles. The first-order valence-corrected chi connectivity index (χ1v) is 15.5. The Morgan fingerprint density at radius 2 is 1.41 bits per heavy atom. The zero-order chi connectivity index (χ0) is 27.9. The number of sulfone groups is 1. The Balaban J connectivity index is 1.32. The molecule has 0 fully saturated rings. The molecule has 0 aliphatic carbocycles. The molecule has 3 aromatic carbocycles. The van der Waals surface area contributed by atoms with E-state index in [1.54, 1.807) is 42.5 Å². The number of para-hydroxylation sites is 1. The van der Waals surface area contributed by atoms with E-state index in [2.05, 4.69) is 4.72 Å². The molecular weight excluding hydrogens is 562 g/mol. The van der Waals surface area contributed by atoms with Gasteiger partial charge in [-0.05, 0) is 66.6 Å². The predicted octanol–water partition coefficient (Wildman–Crippen LogP) is 4.86. The molecular formula is C27H25NO8S3. The number of benzene rings is 3. The Labute approximate surface area is 230 Å². The highest BCUT2D eigenvalue weighted by atomic mass is 32.3. The molecule has 12 heteroatoms. The Kier molecular flexibility index (Phi) is 8.90. The van der Waals surface area contributed by atoms with Crippen molar-refractivity contribution in [2.24, 2.45) is 0 Å². The molecule has 0 radical (unpaired) electrons. The van der Waals surface area contributed by atoms with Crippen LogP contribution in [0.4, 0.5) is 5.69 Å². The first kappa shape index (κ1) is 28.1. The largest absolute Gasteiger partial charge is 0.490 e. The van der Waals surface area contributed by atoms with Crippen molar-refractivity contribution >= 4 is 42.9 Å². The zero-order valence-electron chi connectivity index (χ0n) is 20.5. The van der Waals surface area contributed by atoms with Gasteiger partial charge in [-0.15, -0.1) is 11.3 Å². The van der Waals surface area contributed by atoms with Gasteiger partial charge in [0.25, 0.3) is 10.0 Å². The van der Waals surface area contributed by atoms with Crippen molar-refractivity contribution in [2.75, 3.05) is 17.9 Å². The van der Waals surface area contributed by atoms with E-state index in [9.17, 15) is 21.6 Å². The highest BCUT2D eigenvalue weighted by Gasteiger charge is 2.24. The topological polar surface area (TPSA) is 136 Å². The van der Waals surface area contributed by atoms with E-state index in [4.69, 9.17) is 14.6 Å². The molecule has 0 aliphatic heterocycles. The van der Waals surface area contributed by atoms with Gasteiger partial charge in [0.2, 0.25) is 9.84 Å². The van der Waals surface area contributed by atoms with Crippen molar-refractivity contribution < 1.29 is 36.2 Å². The number of hydrogen-bond donors (Lipinski definition) is 2. The summed E-state index contributed by atoms with van der Waals surface area (Å²) < 4.78 is 64.9. The average molecular weight is 588 g/mol. The van der Waals surface area contributed by atoms with Gasteiger partial charge in [-0.2, -0.15) is 0 Å². The number of nitrogens with one attached hydrogen (secondary N) is 1. The van der Waals surface area contributed by atoms with Crippen molar-refractivity contribution in [2.45, 2.75) is 26.2 Å². The molecule has 0 saturated carbocycles. The highest BCUT2D eigenvalue weighted by Crippen LogP contribution is 2.31. The first-order chi connectivity index (χ1) is 18.6. The fourth-order valence-electron chi connectivity index (χ4n) is 3.54. The minimum Gasteiger partial charge on any atom is -0.490 e. The Morgan fingerprint density at radius 3 is 2.13 bits per heavy atom. The second-order valence-electron chi connectivity index (χ2n) is 8.22. The summed E-state index contributed by atoms with van der Waals surface area (Å²) in [6.07, 6.45) is 0.368. The van der Waals surface area contributed by atoms with Crippen molar-refractivity contribution in [3.8, 4) is 11.5 Å². The van der Waals surface area contributed by atoms with Crippen LogP contribution in [0.1, 0.15) is 12.0 Å². The monoisotopic (exact) mass is 587 g/mol. The predicted molar refractivity (Wildman–Crippen MR) is 147 cm³/mol. The maximum Gasteiger partial charge on any atom is 0.303 e. The quantitative estimate of drug-likeness (QED) is 0.212. The number of rotatable bonds is 13. The minimum absolute atomic E-state index is 0.00735. The number of carbonyl (C=O) groups is 1. The van der Waals surface area contributed by atoms with Crippen molar-refractivity contribution in [1.82, 2.24) is 0 Å². The van der Waals surface area contributed by atoms with Crippen LogP contribution in [0.3, 0.4) is 0 Å². The van der Waals surface area contributed by atoms with Crippen LogP contribution >= 0.6 is 11.3 Å². The van der Waals surface area contributed by atoms with Gasteiger partial charge in [0.1, 0.15) is 33.1 Å². The molecule has 0 amide bonds. The third-order valence-electron chi connectivity index (χ3n) is 5.44. The van der Waals surface area contributed by atoms with E-state index in [0.29, 0.717) is 29.3 Å². The molecule has 204 valence electrons. The number of aliphatic carboxylic acids is 1. The lowest BCUT2D eigenvalue weighted by Gasteiger charge is -2.12. The smallest absolute Gasteiger partial charge is 0.303 e. The van der Waals surface area contributed by atoms with Crippen molar-refractivity contribution in [3.63, 3.8) is 0 Å². The Bertz CT molecular complexity index is 1630. The van der Waals surface area contributed by atoms with Gasteiger partial charge in [0, 0.05) is 12.1 Å². The molecule has 4 rings (SSSR count). The summed E-state index contributed by atoms with van der Waals surface area (Å²) >= 11 is 0.675. The van der Waals surface area contributed by atoms with Crippen LogP contribution in [0.15, 0.2) is 104 Å². The van der Waals surface area contributed by atoms with Gasteiger partial charge in [-0.3, -0.25) is 9.52 Å². The molecule has 0 bridgehead atoms. The lowest BCUT2D eigenvalue weighted by Crippen LogP contribution is -2.12. The van der Waals surface area contributed by atoms with Gasteiger partial charge in [0.05, 0.1) is 4.90 Å². The first-order valence-electron chi connectivity index (χ1n) is 11.7. The number of aryl methyl sites for hydroxylation is 1. The maximum atomic E-state index is 12.8. The molecule has 0 spiro atoms. The summed E-state index contributed by atoms with van der Waals surface area (Å²) in [6, 6.07) is 23.8. The normalized spacial score (nSPS) is 11.6. The van der Waals surface area contributed by atoms with Gasteiger partial charge in [0.15, 0.2) is 0 Å². The van der Waals surface area contributed by atoms with E-state index in [1.165, 1.54) is 36.4 Å². The second kappa shape index (κ2) is 12.3. The number of carboxylic acids is 1. The van der Waals surface area contributed by atoms with Crippen LogP contribution in [0, 0.1) is 0 Å².